The molecule has 0 spiro atoms. The summed E-state index contributed by atoms with van der Waals surface area (Å²) in [5.41, 5.74) is 4.70. The molecule has 0 bridgehead atoms. The lowest BCUT2D eigenvalue weighted by Crippen LogP contribution is -2.41. The van der Waals surface area contributed by atoms with Crippen LogP contribution in [0.25, 0.3) is 22.2 Å². The van der Waals surface area contributed by atoms with Gasteiger partial charge in [0.05, 0.1) is 21.3 Å². The van der Waals surface area contributed by atoms with E-state index in [0.717, 1.165) is 33.4 Å². The van der Waals surface area contributed by atoms with E-state index in [-0.39, 0.29) is 5.91 Å². The number of benzene rings is 1. The molecule has 2 aromatic heterocycles. The number of aromatic nitrogens is 3. The predicted octanol–water partition coefficient (Wildman–Crippen LogP) is 3.15. The van der Waals surface area contributed by atoms with Crippen molar-refractivity contribution in [2.45, 2.75) is 26.0 Å². The molecule has 1 atom stereocenters. The molecule has 0 fully saturated rings. The van der Waals surface area contributed by atoms with Gasteiger partial charge in [0.15, 0.2) is 0 Å². The fourth-order valence-corrected chi connectivity index (χ4v) is 4.40. The third kappa shape index (κ3) is 2.83. The van der Waals surface area contributed by atoms with Crippen molar-refractivity contribution < 1.29 is 9.90 Å². The second-order valence-corrected chi connectivity index (χ2v) is 7.77. The largest absolute Gasteiger partial charge is 0.384 e. The van der Waals surface area contributed by atoms with Crippen molar-refractivity contribution in [3.05, 3.63) is 39.6 Å². The number of carbonyl (C=O) groups excluding carboxylic acids is 1. The number of nitrogens with zero attached hydrogens (tertiary/aromatic N) is 4. The summed E-state index contributed by atoms with van der Waals surface area (Å²) in [6.07, 6.45) is 1.55. The van der Waals surface area contributed by atoms with Gasteiger partial charge >= 0.3 is 0 Å². The van der Waals surface area contributed by atoms with Gasteiger partial charge in [0.2, 0.25) is 0 Å². The van der Waals surface area contributed by atoms with Crippen LogP contribution in [0.15, 0.2) is 18.3 Å². The lowest BCUT2D eigenvalue weighted by Gasteiger charge is -2.29. The highest BCUT2D eigenvalue weighted by atomic mass is 35.5. The summed E-state index contributed by atoms with van der Waals surface area (Å²) in [6, 6.07) is 3.77. The zero-order chi connectivity index (χ0) is 19.5. The monoisotopic (exact) mass is 406 g/mol. The molecule has 1 aliphatic rings. The summed E-state index contributed by atoms with van der Waals surface area (Å²) in [6.45, 7) is 2.48. The van der Waals surface area contributed by atoms with Crippen LogP contribution in [0.3, 0.4) is 0 Å². The molecular formula is C19H20Cl2N4O2. The first kappa shape index (κ1) is 18.3. The number of hydrogen-bond donors (Lipinski definition) is 1. The maximum Gasteiger partial charge on any atom is 0.251 e. The Kier molecular flexibility index (Phi) is 4.45. The maximum absolute atomic E-state index is 12.3. The second-order valence-electron chi connectivity index (χ2n) is 6.99. The number of halogens is 2. The Bertz CT molecular complexity index is 1070. The van der Waals surface area contributed by atoms with Crippen LogP contribution in [0.2, 0.25) is 10.0 Å². The molecule has 6 nitrogen and oxygen atoms in total. The molecule has 3 heterocycles. The third-order valence-electron chi connectivity index (χ3n) is 5.21. The zero-order valence-electron chi connectivity index (χ0n) is 15.3. The highest BCUT2D eigenvalue weighted by Crippen LogP contribution is 2.43. The fourth-order valence-electron chi connectivity index (χ4n) is 3.93. The summed E-state index contributed by atoms with van der Waals surface area (Å²) in [4.78, 5) is 14.0. The lowest BCUT2D eigenvalue weighted by atomic mass is 9.98. The Balaban J connectivity index is 1.99. The van der Waals surface area contributed by atoms with E-state index >= 15 is 0 Å². The van der Waals surface area contributed by atoms with E-state index in [2.05, 4.69) is 9.67 Å². The highest BCUT2D eigenvalue weighted by molar-refractivity contribution is 6.45. The van der Waals surface area contributed by atoms with E-state index in [9.17, 15) is 9.90 Å². The number of hydrogen-bond acceptors (Lipinski definition) is 3. The van der Waals surface area contributed by atoms with Crippen LogP contribution < -0.4 is 0 Å². The van der Waals surface area contributed by atoms with Crippen LogP contribution >= 0.6 is 23.2 Å². The Hall–Kier alpha value is -2.02. The van der Waals surface area contributed by atoms with Gasteiger partial charge in [0.1, 0.15) is 6.10 Å². The van der Waals surface area contributed by atoms with Crippen LogP contribution in [0.4, 0.5) is 0 Å². The number of aliphatic hydroxyl groups excluding tert-OH is 1. The van der Waals surface area contributed by atoms with E-state index in [1.807, 2.05) is 32.4 Å². The molecule has 27 heavy (non-hydrogen) atoms. The first-order chi connectivity index (χ1) is 12.8. The molecule has 1 aromatic carbocycles. The van der Waals surface area contributed by atoms with Crippen LogP contribution in [0.1, 0.15) is 18.2 Å². The van der Waals surface area contributed by atoms with Gasteiger partial charge in [0.25, 0.3) is 5.91 Å². The highest BCUT2D eigenvalue weighted by Gasteiger charge is 2.30. The molecule has 0 saturated heterocycles. The first-order valence-corrected chi connectivity index (χ1v) is 9.50. The fraction of sp³-hybridized carbons (Fsp3) is 0.368. The minimum Gasteiger partial charge on any atom is -0.384 e. The van der Waals surface area contributed by atoms with Gasteiger partial charge in [-0.15, -0.1) is 0 Å². The Morgan fingerprint density at radius 2 is 2.07 bits per heavy atom. The molecule has 8 heteroatoms. The SMILES string of the molecule is CC(O)C(=O)N1CCc2c(c3c(-c4ccn(C)n4)cc(Cl)c(Cl)c3n2C)C1. The van der Waals surface area contributed by atoms with Crippen LogP contribution in [0, 0.1) is 0 Å². The molecule has 0 saturated carbocycles. The van der Waals surface area contributed by atoms with Crippen molar-refractivity contribution in [3.63, 3.8) is 0 Å². The van der Waals surface area contributed by atoms with E-state index in [1.54, 1.807) is 9.58 Å². The quantitative estimate of drug-likeness (QED) is 0.710. The van der Waals surface area contributed by atoms with E-state index in [4.69, 9.17) is 23.2 Å². The van der Waals surface area contributed by atoms with Crippen molar-refractivity contribution in [1.82, 2.24) is 19.2 Å². The van der Waals surface area contributed by atoms with Gasteiger partial charge < -0.3 is 14.6 Å². The molecule has 1 unspecified atom stereocenters. The normalized spacial score (nSPS) is 15.3. The number of rotatable bonds is 2. The van der Waals surface area contributed by atoms with Crippen molar-refractivity contribution in [1.29, 1.82) is 0 Å². The van der Waals surface area contributed by atoms with Gasteiger partial charge in [-0.3, -0.25) is 9.48 Å². The maximum atomic E-state index is 12.3. The van der Waals surface area contributed by atoms with Crippen molar-refractivity contribution in [2.24, 2.45) is 14.1 Å². The van der Waals surface area contributed by atoms with Crippen molar-refractivity contribution >= 4 is 40.0 Å². The minimum atomic E-state index is -1.02. The van der Waals surface area contributed by atoms with Gasteiger partial charge in [-0.05, 0) is 19.1 Å². The number of amides is 1. The van der Waals surface area contributed by atoms with Crippen LogP contribution in [-0.2, 0) is 31.9 Å². The van der Waals surface area contributed by atoms with Crippen molar-refractivity contribution in [3.8, 4) is 11.3 Å². The lowest BCUT2D eigenvalue weighted by molar-refractivity contribution is -0.140. The first-order valence-electron chi connectivity index (χ1n) is 8.74. The topological polar surface area (TPSA) is 63.3 Å². The smallest absolute Gasteiger partial charge is 0.251 e. The van der Waals surface area contributed by atoms with Gasteiger partial charge in [-0.1, -0.05) is 23.2 Å². The third-order valence-corrected chi connectivity index (χ3v) is 5.99. The summed E-state index contributed by atoms with van der Waals surface area (Å²) in [5.74, 6) is -0.267. The van der Waals surface area contributed by atoms with E-state index in [1.165, 1.54) is 6.92 Å². The molecule has 1 aliphatic heterocycles. The summed E-state index contributed by atoms with van der Waals surface area (Å²) in [7, 11) is 3.83. The molecular weight excluding hydrogens is 387 g/mol. The van der Waals surface area contributed by atoms with Gasteiger partial charge in [0, 0.05) is 62.0 Å². The Labute approximate surface area is 166 Å². The minimum absolute atomic E-state index is 0.267. The molecule has 0 radical (unpaired) electrons. The molecule has 4 rings (SSSR count). The summed E-state index contributed by atoms with van der Waals surface area (Å²) in [5, 5.41) is 16.2. The standard InChI is InChI=1S/C19H20Cl2N4O2/c1-10(26)19(27)25-7-5-15-12(9-25)16-11(14-4-6-23(2)22-14)8-13(20)17(21)18(16)24(15)3/h4,6,8,10,26H,5,7,9H2,1-3H3. The number of carbonyl (C=O) groups is 1. The Morgan fingerprint density at radius 3 is 2.70 bits per heavy atom. The number of fused-ring (bicyclic) bond motifs is 3. The van der Waals surface area contributed by atoms with Gasteiger partial charge in [-0.25, -0.2) is 0 Å². The molecule has 1 amide bonds. The molecule has 3 aromatic rings. The van der Waals surface area contributed by atoms with Crippen molar-refractivity contribution in [2.75, 3.05) is 6.54 Å². The summed E-state index contributed by atoms with van der Waals surface area (Å²) >= 11 is 13.0. The molecule has 1 N–H and O–H groups in total. The number of aryl methyl sites for hydroxylation is 2. The van der Waals surface area contributed by atoms with Gasteiger partial charge in [-0.2, -0.15) is 5.10 Å². The Morgan fingerprint density at radius 1 is 1.33 bits per heavy atom. The average Bonchev–Trinajstić information content (AvgIpc) is 3.19. The number of aliphatic hydroxyl groups is 1. The van der Waals surface area contributed by atoms with Crippen LogP contribution in [-0.4, -0.2) is 42.9 Å². The van der Waals surface area contributed by atoms with Crippen LogP contribution in [0.5, 0.6) is 0 Å². The van der Waals surface area contributed by atoms with E-state index < -0.39 is 6.10 Å². The average molecular weight is 407 g/mol. The molecule has 142 valence electrons. The second kappa shape index (κ2) is 6.55. The molecule has 0 aliphatic carbocycles. The zero-order valence-corrected chi connectivity index (χ0v) is 16.8. The van der Waals surface area contributed by atoms with E-state index in [0.29, 0.717) is 29.6 Å². The predicted molar refractivity (Wildman–Crippen MR) is 106 cm³/mol. The summed E-state index contributed by atoms with van der Waals surface area (Å²) < 4.78 is 3.80.